The Morgan fingerprint density at radius 2 is 1.77 bits per heavy atom. The molecule has 0 bridgehead atoms. The molecule has 4 rings (SSSR count). The average Bonchev–Trinajstić information content (AvgIpc) is 2.81. The SMILES string of the molecule is C[C@@H]1CCCN(CCOc2ccc(NC(=O)C3(c4ccccc4)CCCCC3)cc2)C1. The van der Waals surface area contributed by atoms with Gasteiger partial charge in [-0.3, -0.25) is 9.69 Å². The Morgan fingerprint density at radius 3 is 2.48 bits per heavy atom. The molecule has 2 aromatic rings. The molecule has 1 N–H and O–H groups in total. The highest BCUT2D eigenvalue weighted by Crippen LogP contribution is 2.40. The lowest BCUT2D eigenvalue weighted by molar-refractivity contribution is -0.122. The minimum absolute atomic E-state index is 0.117. The van der Waals surface area contributed by atoms with Crippen molar-refractivity contribution < 1.29 is 9.53 Å². The molecule has 1 atom stereocenters. The Hall–Kier alpha value is -2.33. The largest absolute Gasteiger partial charge is 0.492 e. The van der Waals surface area contributed by atoms with Crippen LogP contribution in [-0.2, 0) is 10.2 Å². The highest BCUT2D eigenvalue weighted by molar-refractivity contribution is 5.99. The Labute approximate surface area is 187 Å². The fourth-order valence-electron chi connectivity index (χ4n) is 5.23. The summed E-state index contributed by atoms with van der Waals surface area (Å²) < 4.78 is 5.96. The van der Waals surface area contributed by atoms with Crippen LogP contribution in [-0.4, -0.2) is 37.0 Å². The molecule has 1 heterocycles. The van der Waals surface area contributed by atoms with E-state index in [0.717, 1.165) is 55.1 Å². The summed E-state index contributed by atoms with van der Waals surface area (Å²) in [4.78, 5) is 15.9. The maximum atomic E-state index is 13.4. The number of ether oxygens (including phenoxy) is 1. The maximum absolute atomic E-state index is 13.4. The van der Waals surface area contributed by atoms with E-state index in [1.807, 2.05) is 42.5 Å². The number of anilines is 1. The molecule has 0 radical (unpaired) electrons. The molecule has 4 heteroatoms. The third kappa shape index (κ3) is 5.48. The third-order valence-corrected chi connectivity index (χ3v) is 7.00. The number of benzene rings is 2. The normalized spacial score (nSPS) is 21.4. The lowest BCUT2D eigenvalue weighted by atomic mass is 9.68. The molecule has 0 unspecified atom stereocenters. The van der Waals surface area contributed by atoms with Gasteiger partial charge in [-0.1, -0.05) is 56.5 Å². The van der Waals surface area contributed by atoms with Crippen molar-refractivity contribution in [2.45, 2.75) is 57.3 Å². The first-order chi connectivity index (χ1) is 15.2. The second-order valence-corrected chi connectivity index (χ2v) is 9.38. The van der Waals surface area contributed by atoms with Crippen molar-refractivity contribution in [3.05, 3.63) is 60.2 Å². The summed E-state index contributed by atoms with van der Waals surface area (Å²) in [6.07, 6.45) is 7.88. The monoisotopic (exact) mass is 420 g/mol. The number of likely N-dealkylation sites (tertiary alicyclic amines) is 1. The molecule has 0 aromatic heterocycles. The van der Waals surface area contributed by atoms with Crippen LogP contribution in [0.3, 0.4) is 0 Å². The van der Waals surface area contributed by atoms with E-state index >= 15 is 0 Å². The first kappa shape index (κ1) is 21.9. The number of hydrogen-bond donors (Lipinski definition) is 1. The van der Waals surface area contributed by atoms with Crippen LogP contribution in [0, 0.1) is 5.92 Å². The highest BCUT2D eigenvalue weighted by atomic mass is 16.5. The van der Waals surface area contributed by atoms with Gasteiger partial charge in [-0.15, -0.1) is 0 Å². The van der Waals surface area contributed by atoms with Gasteiger partial charge in [0, 0.05) is 18.8 Å². The van der Waals surface area contributed by atoms with Crippen molar-refractivity contribution in [1.29, 1.82) is 0 Å². The molecule has 2 aliphatic rings. The molecule has 31 heavy (non-hydrogen) atoms. The van der Waals surface area contributed by atoms with Crippen LogP contribution in [0.4, 0.5) is 5.69 Å². The van der Waals surface area contributed by atoms with Gasteiger partial charge in [0.25, 0.3) is 0 Å². The van der Waals surface area contributed by atoms with E-state index in [1.54, 1.807) is 0 Å². The minimum Gasteiger partial charge on any atom is -0.492 e. The Bertz CT molecular complexity index is 828. The Morgan fingerprint density at radius 1 is 1.03 bits per heavy atom. The van der Waals surface area contributed by atoms with Crippen molar-refractivity contribution in [3.8, 4) is 5.75 Å². The number of hydrogen-bond acceptors (Lipinski definition) is 3. The van der Waals surface area contributed by atoms with Crippen molar-refractivity contribution in [2.24, 2.45) is 5.92 Å². The summed E-state index contributed by atoms with van der Waals surface area (Å²) in [6.45, 7) is 6.37. The van der Waals surface area contributed by atoms with Crippen LogP contribution in [0.2, 0.25) is 0 Å². The van der Waals surface area contributed by atoms with Gasteiger partial charge in [0.05, 0.1) is 5.41 Å². The summed E-state index contributed by atoms with van der Waals surface area (Å²) in [5.74, 6) is 1.77. The molecule has 1 aliphatic carbocycles. The van der Waals surface area contributed by atoms with Gasteiger partial charge in [-0.05, 0) is 68.0 Å². The lowest BCUT2D eigenvalue weighted by Gasteiger charge is -2.36. The van der Waals surface area contributed by atoms with E-state index in [0.29, 0.717) is 6.61 Å². The van der Waals surface area contributed by atoms with Crippen LogP contribution in [0.5, 0.6) is 5.75 Å². The van der Waals surface area contributed by atoms with Crippen molar-refractivity contribution >= 4 is 11.6 Å². The molecular weight excluding hydrogens is 384 g/mol. The molecule has 0 spiro atoms. The van der Waals surface area contributed by atoms with Gasteiger partial charge in [0.2, 0.25) is 5.91 Å². The molecule has 1 saturated heterocycles. The fraction of sp³-hybridized carbons (Fsp3) is 0.519. The standard InChI is InChI=1S/C27H36N2O2/c1-22-9-8-18-29(21-22)19-20-31-25-14-12-24(13-15-25)28-26(30)27(16-6-3-7-17-27)23-10-4-2-5-11-23/h2,4-5,10-15,22H,3,6-9,16-21H2,1H3,(H,28,30)/t22-/m1/s1. The van der Waals surface area contributed by atoms with Crippen molar-refractivity contribution in [2.75, 3.05) is 31.6 Å². The zero-order chi connectivity index (χ0) is 21.5. The number of carbonyl (C=O) groups is 1. The van der Waals surface area contributed by atoms with E-state index < -0.39 is 5.41 Å². The van der Waals surface area contributed by atoms with E-state index in [-0.39, 0.29) is 5.91 Å². The molecule has 4 nitrogen and oxygen atoms in total. The molecule has 2 fully saturated rings. The topological polar surface area (TPSA) is 41.6 Å². The van der Waals surface area contributed by atoms with E-state index in [2.05, 4.69) is 29.3 Å². The number of nitrogens with one attached hydrogen (secondary N) is 1. The van der Waals surface area contributed by atoms with Crippen molar-refractivity contribution in [1.82, 2.24) is 4.90 Å². The van der Waals surface area contributed by atoms with Crippen LogP contribution in [0.15, 0.2) is 54.6 Å². The fourth-order valence-corrected chi connectivity index (χ4v) is 5.23. The van der Waals surface area contributed by atoms with E-state index in [1.165, 1.54) is 32.4 Å². The summed E-state index contributed by atoms with van der Waals surface area (Å²) >= 11 is 0. The summed E-state index contributed by atoms with van der Waals surface area (Å²) in [6, 6.07) is 18.1. The van der Waals surface area contributed by atoms with E-state index in [9.17, 15) is 4.79 Å². The zero-order valence-electron chi connectivity index (χ0n) is 18.8. The van der Waals surface area contributed by atoms with Crippen LogP contribution >= 0.6 is 0 Å². The summed E-state index contributed by atoms with van der Waals surface area (Å²) in [5, 5.41) is 3.19. The van der Waals surface area contributed by atoms with Crippen molar-refractivity contribution in [3.63, 3.8) is 0 Å². The number of carbonyl (C=O) groups excluding carboxylic acids is 1. The first-order valence-electron chi connectivity index (χ1n) is 12.0. The Balaban J connectivity index is 1.34. The highest BCUT2D eigenvalue weighted by Gasteiger charge is 2.40. The second-order valence-electron chi connectivity index (χ2n) is 9.38. The maximum Gasteiger partial charge on any atom is 0.235 e. The lowest BCUT2D eigenvalue weighted by Crippen LogP contribution is -2.42. The molecule has 1 aliphatic heterocycles. The molecular formula is C27H36N2O2. The molecule has 166 valence electrons. The first-order valence-corrected chi connectivity index (χ1v) is 12.0. The molecule has 1 amide bonds. The van der Waals surface area contributed by atoms with E-state index in [4.69, 9.17) is 4.74 Å². The number of nitrogens with zero attached hydrogens (tertiary/aromatic N) is 1. The Kier molecular flexibility index (Phi) is 7.29. The molecule has 1 saturated carbocycles. The minimum atomic E-state index is -0.416. The average molecular weight is 421 g/mol. The van der Waals surface area contributed by atoms with Crippen LogP contribution in [0.1, 0.15) is 57.4 Å². The van der Waals surface area contributed by atoms with Crippen LogP contribution in [0.25, 0.3) is 0 Å². The summed E-state index contributed by atoms with van der Waals surface area (Å²) in [7, 11) is 0. The number of rotatable bonds is 7. The van der Waals surface area contributed by atoms with Gasteiger partial charge >= 0.3 is 0 Å². The number of piperidine rings is 1. The summed E-state index contributed by atoms with van der Waals surface area (Å²) in [5.41, 5.74) is 1.56. The van der Waals surface area contributed by atoms with Gasteiger partial charge in [0.1, 0.15) is 12.4 Å². The zero-order valence-corrected chi connectivity index (χ0v) is 18.8. The quantitative estimate of drug-likeness (QED) is 0.630. The van der Waals surface area contributed by atoms with Gasteiger partial charge in [0.15, 0.2) is 0 Å². The van der Waals surface area contributed by atoms with Crippen LogP contribution < -0.4 is 10.1 Å². The van der Waals surface area contributed by atoms with Gasteiger partial charge in [-0.25, -0.2) is 0 Å². The van der Waals surface area contributed by atoms with Gasteiger partial charge in [-0.2, -0.15) is 0 Å². The third-order valence-electron chi connectivity index (χ3n) is 7.00. The smallest absolute Gasteiger partial charge is 0.235 e. The predicted molar refractivity (Wildman–Crippen MR) is 127 cm³/mol. The predicted octanol–water partition coefficient (Wildman–Crippen LogP) is 5.64. The second kappa shape index (κ2) is 10.3. The number of amides is 1. The van der Waals surface area contributed by atoms with Gasteiger partial charge < -0.3 is 10.1 Å². The molecule has 2 aromatic carbocycles.